The standard InChI is InChI=1S/C13H12FN3O2/c14-11-7-9(1-2-10(11)13(18)19)17-6-5-16-4-3-15-12(16)8-17/h1-4,7H,5-6,8H2,(H,18,19). The summed E-state index contributed by atoms with van der Waals surface area (Å²) in [5.74, 6) is -1.04. The first-order valence-corrected chi connectivity index (χ1v) is 5.93. The smallest absolute Gasteiger partial charge is 0.338 e. The van der Waals surface area contributed by atoms with Gasteiger partial charge in [0.2, 0.25) is 0 Å². The van der Waals surface area contributed by atoms with Crippen LogP contribution in [0.5, 0.6) is 0 Å². The molecule has 0 spiro atoms. The predicted octanol–water partition coefficient (Wildman–Crippen LogP) is 1.74. The molecular formula is C13H12FN3O2. The summed E-state index contributed by atoms with van der Waals surface area (Å²) in [5, 5.41) is 8.80. The molecular weight excluding hydrogens is 249 g/mol. The van der Waals surface area contributed by atoms with Gasteiger partial charge < -0.3 is 14.6 Å². The lowest BCUT2D eigenvalue weighted by molar-refractivity contribution is 0.0692. The molecule has 5 nitrogen and oxygen atoms in total. The SMILES string of the molecule is O=C(O)c1ccc(N2CCn3ccnc3C2)cc1F. The van der Waals surface area contributed by atoms with E-state index in [2.05, 4.69) is 9.55 Å². The summed E-state index contributed by atoms with van der Waals surface area (Å²) >= 11 is 0. The number of hydrogen-bond donors (Lipinski definition) is 1. The van der Waals surface area contributed by atoms with Gasteiger partial charge in [0.05, 0.1) is 12.1 Å². The van der Waals surface area contributed by atoms with Crippen LogP contribution in [0.25, 0.3) is 0 Å². The van der Waals surface area contributed by atoms with Gasteiger partial charge in [-0.15, -0.1) is 0 Å². The Bertz CT molecular complexity index is 639. The molecule has 1 aromatic carbocycles. The molecule has 0 saturated carbocycles. The molecule has 2 aromatic rings. The maximum atomic E-state index is 13.7. The molecule has 1 aromatic heterocycles. The second kappa shape index (κ2) is 4.38. The summed E-state index contributed by atoms with van der Waals surface area (Å²) in [6.45, 7) is 2.13. The average Bonchev–Trinajstić information content (AvgIpc) is 2.85. The van der Waals surface area contributed by atoms with Gasteiger partial charge in [0.25, 0.3) is 0 Å². The first-order chi connectivity index (χ1) is 9.15. The number of carbonyl (C=O) groups is 1. The Balaban J connectivity index is 1.88. The Kier molecular flexibility index (Phi) is 2.70. The molecule has 1 N–H and O–H groups in total. The number of benzene rings is 1. The number of aromatic carboxylic acids is 1. The van der Waals surface area contributed by atoms with Crippen molar-refractivity contribution in [3.05, 3.63) is 47.8 Å². The molecule has 0 bridgehead atoms. The summed E-state index contributed by atoms with van der Waals surface area (Å²) < 4.78 is 15.7. The highest BCUT2D eigenvalue weighted by Crippen LogP contribution is 2.22. The maximum absolute atomic E-state index is 13.7. The zero-order valence-corrected chi connectivity index (χ0v) is 10.1. The highest BCUT2D eigenvalue weighted by molar-refractivity contribution is 5.88. The summed E-state index contributed by atoms with van der Waals surface area (Å²) in [5.41, 5.74) is 0.374. The highest BCUT2D eigenvalue weighted by atomic mass is 19.1. The van der Waals surface area contributed by atoms with Gasteiger partial charge in [-0.3, -0.25) is 0 Å². The Labute approximate surface area is 108 Å². The zero-order chi connectivity index (χ0) is 13.4. The van der Waals surface area contributed by atoms with Crippen molar-refractivity contribution >= 4 is 11.7 Å². The summed E-state index contributed by atoms with van der Waals surface area (Å²) in [7, 11) is 0. The van der Waals surface area contributed by atoms with E-state index in [1.165, 1.54) is 12.1 Å². The molecule has 98 valence electrons. The molecule has 0 amide bonds. The van der Waals surface area contributed by atoms with Gasteiger partial charge >= 0.3 is 5.97 Å². The van der Waals surface area contributed by atoms with E-state index in [0.29, 0.717) is 12.2 Å². The van der Waals surface area contributed by atoms with Gasteiger partial charge in [0.15, 0.2) is 0 Å². The van der Waals surface area contributed by atoms with Crippen LogP contribution in [0.3, 0.4) is 0 Å². The minimum absolute atomic E-state index is 0.303. The zero-order valence-electron chi connectivity index (χ0n) is 10.1. The quantitative estimate of drug-likeness (QED) is 0.894. The van der Waals surface area contributed by atoms with Crippen molar-refractivity contribution in [3.63, 3.8) is 0 Å². The Hall–Kier alpha value is -2.37. The van der Waals surface area contributed by atoms with E-state index in [-0.39, 0.29) is 5.56 Å². The third kappa shape index (κ3) is 2.05. The van der Waals surface area contributed by atoms with Crippen LogP contribution >= 0.6 is 0 Å². The summed E-state index contributed by atoms with van der Waals surface area (Å²) in [4.78, 5) is 17.0. The molecule has 0 atom stereocenters. The van der Waals surface area contributed by atoms with Gasteiger partial charge in [-0.05, 0) is 18.2 Å². The number of halogens is 1. The Morgan fingerprint density at radius 1 is 1.37 bits per heavy atom. The fraction of sp³-hybridized carbons (Fsp3) is 0.231. The van der Waals surface area contributed by atoms with Crippen LogP contribution in [0, 0.1) is 5.82 Å². The molecule has 3 rings (SSSR count). The number of nitrogens with zero attached hydrogens (tertiary/aromatic N) is 3. The van der Waals surface area contributed by atoms with Gasteiger partial charge in [-0.1, -0.05) is 0 Å². The van der Waals surface area contributed by atoms with Gasteiger partial charge in [-0.2, -0.15) is 0 Å². The van der Waals surface area contributed by atoms with Crippen molar-refractivity contribution in [1.29, 1.82) is 0 Å². The van der Waals surface area contributed by atoms with Crippen molar-refractivity contribution in [2.45, 2.75) is 13.1 Å². The fourth-order valence-corrected chi connectivity index (χ4v) is 2.27. The van der Waals surface area contributed by atoms with Gasteiger partial charge in [0, 0.05) is 31.2 Å². The van der Waals surface area contributed by atoms with Crippen LogP contribution in [0.15, 0.2) is 30.6 Å². The number of rotatable bonds is 2. The average molecular weight is 261 g/mol. The second-order valence-corrected chi connectivity index (χ2v) is 4.43. The first-order valence-electron chi connectivity index (χ1n) is 5.93. The summed E-state index contributed by atoms with van der Waals surface area (Å²) in [6.07, 6.45) is 3.66. The minimum Gasteiger partial charge on any atom is -0.478 e. The molecule has 19 heavy (non-hydrogen) atoms. The van der Waals surface area contributed by atoms with E-state index in [1.807, 2.05) is 11.1 Å². The number of hydrogen-bond acceptors (Lipinski definition) is 3. The molecule has 0 unspecified atom stereocenters. The van der Waals surface area contributed by atoms with Gasteiger partial charge in [-0.25, -0.2) is 14.2 Å². The molecule has 6 heteroatoms. The number of carboxylic acid groups (broad SMARTS) is 1. The molecule has 0 fully saturated rings. The number of carboxylic acids is 1. The van der Waals surface area contributed by atoms with Crippen LogP contribution in [0.1, 0.15) is 16.2 Å². The summed E-state index contributed by atoms with van der Waals surface area (Å²) in [6, 6.07) is 4.20. The Morgan fingerprint density at radius 3 is 2.95 bits per heavy atom. The van der Waals surface area contributed by atoms with Crippen molar-refractivity contribution in [3.8, 4) is 0 Å². The van der Waals surface area contributed by atoms with Crippen molar-refractivity contribution in [2.24, 2.45) is 0 Å². The van der Waals surface area contributed by atoms with Crippen LogP contribution < -0.4 is 4.90 Å². The minimum atomic E-state index is -1.25. The lowest BCUT2D eigenvalue weighted by Crippen LogP contribution is -2.33. The third-order valence-corrected chi connectivity index (χ3v) is 3.29. The molecule has 0 aliphatic carbocycles. The third-order valence-electron chi connectivity index (χ3n) is 3.29. The van der Waals surface area contributed by atoms with E-state index >= 15 is 0 Å². The highest BCUT2D eigenvalue weighted by Gasteiger charge is 2.19. The predicted molar refractivity (Wildman–Crippen MR) is 66.6 cm³/mol. The van der Waals surface area contributed by atoms with E-state index in [0.717, 1.165) is 18.9 Å². The number of aromatic nitrogens is 2. The fourth-order valence-electron chi connectivity index (χ4n) is 2.27. The molecule has 0 saturated heterocycles. The van der Waals surface area contributed by atoms with Crippen molar-refractivity contribution in [1.82, 2.24) is 9.55 Å². The number of anilines is 1. The molecule has 1 aliphatic rings. The van der Waals surface area contributed by atoms with E-state index in [1.54, 1.807) is 12.3 Å². The van der Waals surface area contributed by atoms with E-state index < -0.39 is 11.8 Å². The number of imidazole rings is 1. The van der Waals surface area contributed by atoms with Crippen LogP contribution in [0.2, 0.25) is 0 Å². The number of fused-ring (bicyclic) bond motifs is 1. The second-order valence-electron chi connectivity index (χ2n) is 4.43. The van der Waals surface area contributed by atoms with Crippen molar-refractivity contribution < 1.29 is 14.3 Å². The first kappa shape index (κ1) is 11.7. The van der Waals surface area contributed by atoms with Crippen LogP contribution in [0.4, 0.5) is 10.1 Å². The topological polar surface area (TPSA) is 58.4 Å². The van der Waals surface area contributed by atoms with E-state index in [9.17, 15) is 9.18 Å². The maximum Gasteiger partial charge on any atom is 0.338 e. The van der Waals surface area contributed by atoms with Gasteiger partial charge in [0.1, 0.15) is 11.6 Å². The Morgan fingerprint density at radius 2 is 2.21 bits per heavy atom. The van der Waals surface area contributed by atoms with Crippen LogP contribution in [-0.4, -0.2) is 27.2 Å². The lowest BCUT2D eigenvalue weighted by Gasteiger charge is -2.29. The normalized spacial score (nSPS) is 14.3. The molecule has 0 radical (unpaired) electrons. The van der Waals surface area contributed by atoms with Crippen LogP contribution in [-0.2, 0) is 13.1 Å². The van der Waals surface area contributed by atoms with Crippen molar-refractivity contribution in [2.75, 3.05) is 11.4 Å². The monoisotopic (exact) mass is 261 g/mol. The largest absolute Gasteiger partial charge is 0.478 e. The van der Waals surface area contributed by atoms with E-state index in [4.69, 9.17) is 5.11 Å². The molecule has 2 heterocycles. The molecule has 1 aliphatic heterocycles. The lowest BCUT2D eigenvalue weighted by atomic mass is 10.1.